The van der Waals surface area contributed by atoms with Crippen LogP contribution < -0.4 is 0 Å². The highest BCUT2D eigenvalue weighted by Crippen LogP contribution is 2.23. The van der Waals surface area contributed by atoms with Crippen molar-refractivity contribution in [3.8, 4) is 0 Å². The lowest BCUT2D eigenvalue weighted by molar-refractivity contribution is 0.149. The number of halogens is 1. The molecule has 0 bridgehead atoms. The Balaban J connectivity index is 2.13. The number of hydrogen-bond acceptors (Lipinski definition) is 3. The van der Waals surface area contributed by atoms with E-state index >= 15 is 0 Å². The molecule has 0 amide bonds. The first kappa shape index (κ1) is 11.2. The van der Waals surface area contributed by atoms with Gasteiger partial charge in [0.05, 0.1) is 0 Å². The molecule has 2 heterocycles. The van der Waals surface area contributed by atoms with Gasteiger partial charge in [-0.2, -0.15) is 0 Å². The minimum Gasteiger partial charge on any atom is -0.447 e. The van der Waals surface area contributed by atoms with Gasteiger partial charge in [0, 0.05) is 18.3 Å². The predicted octanol–water partition coefficient (Wildman–Crippen LogP) is 2.91. The summed E-state index contributed by atoms with van der Waals surface area (Å²) in [7, 11) is 0. The van der Waals surface area contributed by atoms with Crippen LogP contribution in [0.25, 0.3) is 0 Å². The third-order valence-electron chi connectivity index (χ3n) is 2.43. The van der Waals surface area contributed by atoms with Gasteiger partial charge in [0.2, 0.25) is 0 Å². The molecular formula is C12H12ClNO2. The highest BCUT2D eigenvalue weighted by molar-refractivity contribution is 6.28. The monoisotopic (exact) mass is 237 g/mol. The van der Waals surface area contributed by atoms with Crippen LogP contribution in [0.1, 0.15) is 23.1 Å². The number of nitrogens with zero attached hydrogens (tertiary/aromatic N) is 1. The minimum absolute atomic E-state index is 0.284. The molecule has 1 unspecified atom stereocenters. The van der Waals surface area contributed by atoms with Crippen LogP contribution in [0, 0.1) is 6.92 Å². The zero-order chi connectivity index (χ0) is 11.5. The summed E-state index contributed by atoms with van der Waals surface area (Å²) in [6, 6.07) is 7.12. The van der Waals surface area contributed by atoms with Crippen molar-refractivity contribution >= 4 is 11.6 Å². The molecule has 2 aromatic heterocycles. The maximum atomic E-state index is 9.92. The molecule has 84 valence electrons. The van der Waals surface area contributed by atoms with Gasteiger partial charge in [0.1, 0.15) is 11.9 Å². The number of aliphatic hydroxyl groups is 1. The molecule has 4 heteroatoms. The zero-order valence-electron chi connectivity index (χ0n) is 8.85. The lowest BCUT2D eigenvalue weighted by Crippen LogP contribution is -2.03. The van der Waals surface area contributed by atoms with Gasteiger partial charge in [0.15, 0.2) is 5.22 Å². The van der Waals surface area contributed by atoms with Crippen LogP contribution in [-0.2, 0) is 6.42 Å². The van der Waals surface area contributed by atoms with Crippen LogP contribution in [0.3, 0.4) is 0 Å². The molecule has 1 atom stereocenters. The van der Waals surface area contributed by atoms with Crippen LogP contribution >= 0.6 is 11.6 Å². The second-order valence-corrected chi connectivity index (χ2v) is 4.00. The van der Waals surface area contributed by atoms with Gasteiger partial charge in [-0.25, -0.2) is 0 Å². The van der Waals surface area contributed by atoms with Crippen molar-refractivity contribution in [3.63, 3.8) is 0 Å². The van der Waals surface area contributed by atoms with Crippen molar-refractivity contribution in [1.82, 2.24) is 4.98 Å². The number of pyridine rings is 1. The fourth-order valence-electron chi connectivity index (χ4n) is 1.52. The normalized spacial score (nSPS) is 12.7. The summed E-state index contributed by atoms with van der Waals surface area (Å²) in [6.07, 6.45) is 1.43. The fraction of sp³-hybridized carbons (Fsp3) is 0.250. The molecule has 0 radical (unpaired) electrons. The zero-order valence-corrected chi connectivity index (χ0v) is 9.61. The van der Waals surface area contributed by atoms with Crippen molar-refractivity contribution in [2.24, 2.45) is 0 Å². The summed E-state index contributed by atoms with van der Waals surface area (Å²) in [5, 5.41) is 10.2. The molecule has 0 aliphatic rings. The molecule has 1 N–H and O–H groups in total. The summed E-state index contributed by atoms with van der Waals surface area (Å²) < 4.78 is 5.15. The van der Waals surface area contributed by atoms with E-state index in [0.717, 1.165) is 11.3 Å². The molecule has 0 saturated carbocycles. The van der Waals surface area contributed by atoms with Crippen LogP contribution in [0.15, 0.2) is 34.9 Å². The summed E-state index contributed by atoms with van der Waals surface area (Å²) >= 11 is 5.65. The Morgan fingerprint density at radius 1 is 1.44 bits per heavy atom. The average Bonchev–Trinajstić information content (AvgIpc) is 2.68. The Kier molecular flexibility index (Phi) is 3.27. The standard InChI is InChI=1S/C12H12ClNO2/c1-8-3-2-6-14-9(8)7-10(15)11-4-5-12(13)16-11/h2-6,10,15H,7H2,1H3. The SMILES string of the molecule is Cc1cccnc1CC(O)c1ccc(Cl)o1. The average molecular weight is 238 g/mol. The third kappa shape index (κ3) is 2.43. The third-order valence-corrected chi connectivity index (χ3v) is 2.63. The van der Waals surface area contributed by atoms with Crippen molar-refractivity contribution < 1.29 is 9.52 Å². The number of hydrogen-bond donors (Lipinski definition) is 1. The Morgan fingerprint density at radius 3 is 2.88 bits per heavy atom. The first-order valence-electron chi connectivity index (χ1n) is 5.00. The molecule has 0 aliphatic carbocycles. The lowest BCUT2D eigenvalue weighted by atomic mass is 10.1. The van der Waals surface area contributed by atoms with E-state index in [9.17, 15) is 5.11 Å². The maximum absolute atomic E-state index is 9.92. The highest BCUT2D eigenvalue weighted by atomic mass is 35.5. The molecule has 2 aromatic rings. The molecule has 0 spiro atoms. The van der Waals surface area contributed by atoms with Crippen LogP contribution in [0.5, 0.6) is 0 Å². The Hall–Kier alpha value is -1.32. The van der Waals surface area contributed by atoms with Gasteiger partial charge in [-0.1, -0.05) is 6.07 Å². The first-order chi connectivity index (χ1) is 7.66. The maximum Gasteiger partial charge on any atom is 0.193 e. The van der Waals surface area contributed by atoms with Gasteiger partial charge >= 0.3 is 0 Å². The van der Waals surface area contributed by atoms with Gasteiger partial charge < -0.3 is 9.52 Å². The quantitative estimate of drug-likeness (QED) is 0.893. The number of furan rings is 1. The lowest BCUT2D eigenvalue weighted by Gasteiger charge is -2.08. The molecule has 0 aliphatic heterocycles. The molecule has 3 nitrogen and oxygen atoms in total. The van der Waals surface area contributed by atoms with E-state index < -0.39 is 6.10 Å². The second-order valence-electron chi connectivity index (χ2n) is 3.63. The number of aliphatic hydroxyl groups excluding tert-OH is 1. The second kappa shape index (κ2) is 4.68. The number of aromatic nitrogens is 1. The van der Waals surface area contributed by atoms with E-state index in [0.29, 0.717) is 12.2 Å². The van der Waals surface area contributed by atoms with Gasteiger partial charge in [-0.05, 0) is 42.3 Å². The van der Waals surface area contributed by atoms with E-state index in [1.165, 1.54) is 0 Å². The van der Waals surface area contributed by atoms with Crippen molar-refractivity contribution in [1.29, 1.82) is 0 Å². The summed E-state index contributed by atoms with van der Waals surface area (Å²) in [5.41, 5.74) is 1.92. The van der Waals surface area contributed by atoms with Crippen molar-refractivity contribution in [2.45, 2.75) is 19.4 Å². The predicted molar refractivity (Wildman–Crippen MR) is 61.4 cm³/mol. The Labute approximate surface area is 98.7 Å². The van der Waals surface area contributed by atoms with Gasteiger partial charge in [-0.3, -0.25) is 4.98 Å². The number of aryl methyl sites for hydroxylation is 1. The van der Waals surface area contributed by atoms with Gasteiger partial charge in [0.25, 0.3) is 0 Å². The summed E-state index contributed by atoms with van der Waals surface area (Å²) in [5.74, 6) is 0.468. The summed E-state index contributed by atoms with van der Waals surface area (Å²) in [4.78, 5) is 4.22. The van der Waals surface area contributed by atoms with Crippen molar-refractivity contribution in [3.05, 3.63) is 52.7 Å². The topological polar surface area (TPSA) is 46.3 Å². The van der Waals surface area contributed by atoms with Gasteiger partial charge in [-0.15, -0.1) is 0 Å². The molecule has 0 fully saturated rings. The van der Waals surface area contributed by atoms with E-state index in [4.69, 9.17) is 16.0 Å². The molecule has 16 heavy (non-hydrogen) atoms. The molecular weight excluding hydrogens is 226 g/mol. The minimum atomic E-state index is -0.707. The highest BCUT2D eigenvalue weighted by Gasteiger charge is 2.14. The first-order valence-corrected chi connectivity index (χ1v) is 5.38. The van der Waals surface area contributed by atoms with Crippen LogP contribution in [0.2, 0.25) is 5.22 Å². The van der Waals surface area contributed by atoms with Crippen LogP contribution in [0.4, 0.5) is 0 Å². The smallest absolute Gasteiger partial charge is 0.193 e. The summed E-state index contributed by atoms with van der Waals surface area (Å²) in [6.45, 7) is 1.96. The number of rotatable bonds is 3. The molecule has 0 aromatic carbocycles. The van der Waals surface area contributed by atoms with E-state index in [1.807, 2.05) is 19.1 Å². The molecule has 2 rings (SSSR count). The van der Waals surface area contributed by atoms with E-state index in [2.05, 4.69) is 4.98 Å². The Bertz CT molecular complexity index is 481. The fourth-order valence-corrected chi connectivity index (χ4v) is 1.68. The largest absolute Gasteiger partial charge is 0.447 e. The molecule has 0 saturated heterocycles. The van der Waals surface area contributed by atoms with Crippen molar-refractivity contribution in [2.75, 3.05) is 0 Å². The van der Waals surface area contributed by atoms with Crippen LogP contribution in [-0.4, -0.2) is 10.1 Å². The van der Waals surface area contributed by atoms with E-state index in [-0.39, 0.29) is 5.22 Å². The Morgan fingerprint density at radius 2 is 2.25 bits per heavy atom. The van der Waals surface area contributed by atoms with E-state index in [1.54, 1.807) is 18.3 Å².